The van der Waals surface area contributed by atoms with Gasteiger partial charge in [0.25, 0.3) is 0 Å². The summed E-state index contributed by atoms with van der Waals surface area (Å²) < 4.78 is 26.6. The van der Waals surface area contributed by atoms with Crippen LogP contribution in [0, 0.1) is 11.8 Å². The van der Waals surface area contributed by atoms with Gasteiger partial charge in [0.15, 0.2) is 0 Å². The Morgan fingerprint density at radius 1 is 1.33 bits per heavy atom. The number of nitrogens with two attached hydrogens (primary N) is 1. The number of piperidine rings is 1. The Hall–Kier alpha value is -0.930. The van der Waals surface area contributed by atoms with Crippen molar-refractivity contribution in [2.24, 2.45) is 17.6 Å². The monoisotopic (exact) mass is 440 g/mol. The molecule has 0 aliphatic carbocycles. The van der Waals surface area contributed by atoms with Crippen LogP contribution in [0.2, 0.25) is 0 Å². The van der Waals surface area contributed by atoms with Crippen LogP contribution in [0.1, 0.15) is 33.1 Å². The quantitative estimate of drug-likeness (QED) is 0.672. The molecule has 2 heterocycles. The molecular weight excluding hydrogens is 411 g/mol. The smallest absolute Gasteiger partial charge is 0.244 e. The molecule has 1 aromatic rings. The maximum absolute atomic E-state index is 12.6. The molecule has 0 aromatic carbocycles. The first-order valence-corrected chi connectivity index (χ1v) is 10.2. The minimum atomic E-state index is -3.54. The van der Waals surface area contributed by atoms with Crippen LogP contribution in [0.4, 0.5) is 0 Å². The van der Waals surface area contributed by atoms with Crippen LogP contribution in [-0.2, 0) is 14.8 Å². The number of hydrogen-bond donors (Lipinski definition) is 2. The Balaban J connectivity index is 0.00000338. The average molecular weight is 441 g/mol. The normalized spacial score (nSPS) is 16.9. The highest BCUT2D eigenvalue weighted by Gasteiger charge is 2.32. The van der Waals surface area contributed by atoms with Gasteiger partial charge in [-0.05, 0) is 37.3 Å². The van der Waals surface area contributed by atoms with Crippen molar-refractivity contribution < 1.29 is 13.2 Å². The van der Waals surface area contributed by atoms with Crippen molar-refractivity contribution in [1.82, 2.24) is 14.6 Å². The van der Waals surface area contributed by atoms with Gasteiger partial charge in [-0.25, -0.2) is 8.42 Å². The SMILES string of the molecule is CC(C)CC(CN)NC(=O)C1CCN(S(=O)(=O)c2cccnc2)CC1.Cl.Cl. The third-order valence-electron chi connectivity index (χ3n) is 4.48. The van der Waals surface area contributed by atoms with Crippen molar-refractivity contribution in [2.45, 2.75) is 44.0 Å². The van der Waals surface area contributed by atoms with E-state index in [1.807, 2.05) is 0 Å². The number of sulfonamides is 1. The van der Waals surface area contributed by atoms with E-state index in [0.717, 1.165) is 6.42 Å². The molecule has 1 saturated heterocycles. The fourth-order valence-corrected chi connectivity index (χ4v) is 4.54. The number of hydrogen-bond acceptors (Lipinski definition) is 5. The number of aromatic nitrogens is 1. The highest BCUT2D eigenvalue weighted by Crippen LogP contribution is 2.23. The van der Waals surface area contributed by atoms with E-state index in [0.29, 0.717) is 38.4 Å². The predicted octanol–water partition coefficient (Wildman–Crippen LogP) is 1.82. The molecule has 1 aromatic heterocycles. The number of halogens is 2. The summed E-state index contributed by atoms with van der Waals surface area (Å²) in [5.41, 5.74) is 5.73. The van der Waals surface area contributed by atoms with E-state index in [-0.39, 0.29) is 47.6 Å². The first-order valence-electron chi connectivity index (χ1n) is 8.75. The summed E-state index contributed by atoms with van der Waals surface area (Å²) >= 11 is 0. The maximum atomic E-state index is 12.6. The summed E-state index contributed by atoms with van der Waals surface area (Å²) in [5.74, 6) is 0.274. The van der Waals surface area contributed by atoms with Gasteiger partial charge >= 0.3 is 0 Å². The van der Waals surface area contributed by atoms with Crippen LogP contribution in [0.3, 0.4) is 0 Å². The number of amides is 1. The fourth-order valence-electron chi connectivity index (χ4n) is 3.11. The Bertz CT molecular complexity index is 666. The van der Waals surface area contributed by atoms with Crippen molar-refractivity contribution >= 4 is 40.7 Å². The summed E-state index contributed by atoms with van der Waals surface area (Å²) in [6.07, 6.45) is 4.78. The number of nitrogens with zero attached hydrogens (tertiary/aromatic N) is 2. The van der Waals surface area contributed by atoms with Crippen molar-refractivity contribution in [3.05, 3.63) is 24.5 Å². The maximum Gasteiger partial charge on any atom is 0.244 e. The highest BCUT2D eigenvalue weighted by atomic mass is 35.5. The van der Waals surface area contributed by atoms with E-state index in [4.69, 9.17) is 5.73 Å². The van der Waals surface area contributed by atoms with E-state index in [1.54, 1.807) is 18.3 Å². The zero-order valence-electron chi connectivity index (χ0n) is 15.7. The molecule has 3 N–H and O–H groups in total. The van der Waals surface area contributed by atoms with Crippen LogP contribution < -0.4 is 11.1 Å². The lowest BCUT2D eigenvalue weighted by molar-refractivity contribution is -0.126. The van der Waals surface area contributed by atoms with Crippen molar-refractivity contribution in [3.63, 3.8) is 0 Å². The number of carbonyl (C=O) groups is 1. The molecular formula is C17H30Cl2N4O3S. The topological polar surface area (TPSA) is 105 Å². The van der Waals surface area contributed by atoms with E-state index < -0.39 is 10.0 Å². The van der Waals surface area contributed by atoms with Gasteiger partial charge in [0.05, 0.1) is 0 Å². The Morgan fingerprint density at radius 3 is 2.44 bits per heavy atom. The summed E-state index contributed by atoms with van der Waals surface area (Å²) in [4.78, 5) is 16.5. The molecule has 2 rings (SSSR count). The van der Waals surface area contributed by atoms with E-state index >= 15 is 0 Å². The molecule has 1 fully saturated rings. The van der Waals surface area contributed by atoms with Crippen molar-refractivity contribution in [3.8, 4) is 0 Å². The molecule has 1 amide bonds. The molecule has 7 nitrogen and oxygen atoms in total. The molecule has 1 aliphatic heterocycles. The van der Waals surface area contributed by atoms with Crippen LogP contribution in [0.5, 0.6) is 0 Å². The summed E-state index contributed by atoms with van der Waals surface area (Å²) in [5, 5.41) is 3.01. The molecule has 1 unspecified atom stereocenters. The minimum Gasteiger partial charge on any atom is -0.352 e. The first kappa shape index (κ1) is 26.1. The fraction of sp³-hybridized carbons (Fsp3) is 0.647. The molecule has 0 spiro atoms. The van der Waals surface area contributed by atoms with Gasteiger partial charge in [-0.15, -0.1) is 24.8 Å². The molecule has 10 heteroatoms. The Labute approximate surface area is 174 Å². The molecule has 0 radical (unpaired) electrons. The third kappa shape index (κ3) is 7.19. The minimum absolute atomic E-state index is 0. The van der Waals surface area contributed by atoms with Gasteiger partial charge in [0, 0.05) is 44.0 Å². The first-order chi connectivity index (χ1) is 11.8. The Morgan fingerprint density at radius 2 is 1.96 bits per heavy atom. The van der Waals surface area contributed by atoms with Crippen LogP contribution in [0.25, 0.3) is 0 Å². The molecule has 156 valence electrons. The number of pyridine rings is 1. The van der Waals surface area contributed by atoms with Crippen molar-refractivity contribution in [2.75, 3.05) is 19.6 Å². The van der Waals surface area contributed by atoms with Crippen LogP contribution in [0.15, 0.2) is 29.4 Å². The molecule has 1 atom stereocenters. The molecule has 27 heavy (non-hydrogen) atoms. The molecule has 0 saturated carbocycles. The molecule has 0 bridgehead atoms. The number of rotatable bonds is 7. The Kier molecular flexibility index (Phi) is 11.4. The van der Waals surface area contributed by atoms with E-state index in [2.05, 4.69) is 24.1 Å². The van der Waals surface area contributed by atoms with Crippen molar-refractivity contribution in [1.29, 1.82) is 0 Å². The van der Waals surface area contributed by atoms with Gasteiger partial charge in [0.2, 0.25) is 15.9 Å². The summed E-state index contributed by atoms with van der Waals surface area (Å²) in [7, 11) is -3.54. The van der Waals surface area contributed by atoms with E-state index in [9.17, 15) is 13.2 Å². The highest BCUT2D eigenvalue weighted by molar-refractivity contribution is 7.89. The average Bonchev–Trinajstić information content (AvgIpc) is 2.61. The largest absolute Gasteiger partial charge is 0.352 e. The van der Waals surface area contributed by atoms with Gasteiger partial charge in [0.1, 0.15) is 4.90 Å². The predicted molar refractivity (Wildman–Crippen MR) is 111 cm³/mol. The van der Waals surface area contributed by atoms with Gasteiger partial charge < -0.3 is 11.1 Å². The number of carbonyl (C=O) groups excluding carboxylic acids is 1. The second-order valence-corrected chi connectivity index (χ2v) is 8.88. The van der Waals surface area contributed by atoms with E-state index in [1.165, 1.54) is 10.5 Å². The molecule has 1 aliphatic rings. The van der Waals surface area contributed by atoms with Gasteiger partial charge in [-0.3, -0.25) is 9.78 Å². The lowest BCUT2D eigenvalue weighted by Crippen LogP contribution is -2.47. The van der Waals surface area contributed by atoms with Crippen LogP contribution in [-0.4, -0.2) is 49.3 Å². The number of nitrogens with one attached hydrogen (secondary N) is 1. The summed E-state index contributed by atoms with van der Waals surface area (Å²) in [6, 6.07) is 3.12. The standard InChI is InChI=1S/C17H28N4O3S.2ClH/c1-13(2)10-15(11-18)20-17(22)14-5-8-21(9-6-14)25(23,24)16-4-3-7-19-12-16;;/h3-4,7,12-15H,5-6,8-11,18H2,1-2H3,(H,20,22);2*1H. The lowest BCUT2D eigenvalue weighted by atomic mass is 9.96. The zero-order chi connectivity index (χ0) is 18.4. The third-order valence-corrected chi connectivity index (χ3v) is 6.37. The second-order valence-electron chi connectivity index (χ2n) is 6.94. The summed E-state index contributed by atoms with van der Waals surface area (Å²) in [6.45, 7) is 5.28. The lowest BCUT2D eigenvalue weighted by Gasteiger charge is -2.31. The zero-order valence-corrected chi connectivity index (χ0v) is 18.2. The van der Waals surface area contributed by atoms with Gasteiger partial charge in [-0.1, -0.05) is 13.8 Å². The van der Waals surface area contributed by atoms with Gasteiger partial charge in [-0.2, -0.15) is 4.31 Å². The van der Waals surface area contributed by atoms with Crippen LogP contribution >= 0.6 is 24.8 Å². The second kappa shape index (κ2) is 11.8.